The summed E-state index contributed by atoms with van der Waals surface area (Å²) in [6.45, 7) is 9.36. The number of hydrogen-bond donors (Lipinski definition) is 1. The summed E-state index contributed by atoms with van der Waals surface area (Å²) >= 11 is 0. The summed E-state index contributed by atoms with van der Waals surface area (Å²) in [5.74, 6) is 0. The van der Waals surface area contributed by atoms with E-state index in [0.717, 1.165) is 39.0 Å². The van der Waals surface area contributed by atoms with Crippen molar-refractivity contribution in [2.45, 2.75) is 45.2 Å². The molecule has 1 aromatic carbocycles. The van der Waals surface area contributed by atoms with Gasteiger partial charge in [0, 0.05) is 24.5 Å². The van der Waals surface area contributed by atoms with Gasteiger partial charge in [0.05, 0.1) is 6.61 Å². The number of aliphatic hydroxyl groups is 1. The van der Waals surface area contributed by atoms with E-state index in [-0.39, 0.29) is 5.41 Å². The van der Waals surface area contributed by atoms with Crippen LogP contribution in [0.15, 0.2) is 24.3 Å². The van der Waals surface area contributed by atoms with E-state index >= 15 is 0 Å². The molecule has 0 aliphatic carbocycles. The third kappa shape index (κ3) is 4.86. The maximum Gasteiger partial charge on any atom is 0.0500 e. The molecule has 1 aromatic rings. The molecule has 1 N–H and O–H groups in total. The van der Waals surface area contributed by atoms with Crippen LogP contribution in [0.1, 0.15) is 49.8 Å². The van der Waals surface area contributed by atoms with Crippen molar-refractivity contribution in [3.8, 4) is 0 Å². The second-order valence-electron chi connectivity index (χ2n) is 8.80. The molecule has 146 valence electrons. The fourth-order valence-electron chi connectivity index (χ4n) is 4.47. The number of aliphatic hydroxyl groups excluding tert-OH is 1. The Morgan fingerprint density at radius 3 is 2.38 bits per heavy atom. The second-order valence-corrected chi connectivity index (χ2v) is 8.80. The molecule has 2 saturated heterocycles. The van der Waals surface area contributed by atoms with Crippen molar-refractivity contribution in [3.05, 3.63) is 35.4 Å². The summed E-state index contributed by atoms with van der Waals surface area (Å²) in [6, 6.07) is 9.49. The zero-order chi connectivity index (χ0) is 18.6. The van der Waals surface area contributed by atoms with E-state index < -0.39 is 0 Å². The molecule has 0 unspecified atom stereocenters. The van der Waals surface area contributed by atoms with Crippen LogP contribution in [0.4, 0.5) is 0 Å². The van der Waals surface area contributed by atoms with Crippen molar-refractivity contribution in [2.24, 2.45) is 5.41 Å². The Hall–Kier alpha value is -0.940. The molecular weight excluding hydrogens is 322 g/mol. The lowest BCUT2D eigenvalue weighted by Gasteiger charge is -2.42. The van der Waals surface area contributed by atoms with Crippen molar-refractivity contribution in [1.82, 2.24) is 14.7 Å². The van der Waals surface area contributed by atoms with Crippen molar-refractivity contribution in [2.75, 3.05) is 53.4 Å². The lowest BCUT2D eigenvalue weighted by molar-refractivity contribution is 0.0165. The second kappa shape index (κ2) is 8.83. The van der Waals surface area contributed by atoms with Crippen LogP contribution in [0, 0.1) is 5.41 Å². The molecular formula is C22H37N3O. The summed E-state index contributed by atoms with van der Waals surface area (Å²) in [5, 5.41) is 10.1. The third-order valence-corrected chi connectivity index (χ3v) is 6.62. The number of benzene rings is 1. The van der Waals surface area contributed by atoms with Crippen molar-refractivity contribution >= 4 is 0 Å². The fraction of sp³-hybridized carbons (Fsp3) is 0.727. The van der Waals surface area contributed by atoms with E-state index in [1.54, 1.807) is 0 Å². The molecule has 1 atom stereocenters. The van der Waals surface area contributed by atoms with E-state index in [2.05, 4.69) is 60.0 Å². The maximum absolute atomic E-state index is 10.1. The van der Waals surface area contributed by atoms with E-state index in [4.69, 9.17) is 0 Å². The van der Waals surface area contributed by atoms with Gasteiger partial charge >= 0.3 is 0 Å². The highest BCUT2D eigenvalue weighted by molar-refractivity contribution is 5.25. The smallest absolute Gasteiger partial charge is 0.0500 e. The fourth-order valence-corrected chi connectivity index (χ4v) is 4.47. The SMILES string of the molecule is C[C@@H](c1cccc(CN2CCC(CO)(CN3CCCC3)CC2)c1)N(C)C. The average Bonchev–Trinajstić information content (AvgIpc) is 3.16. The van der Waals surface area contributed by atoms with Crippen LogP contribution >= 0.6 is 0 Å². The minimum Gasteiger partial charge on any atom is -0.396 e. The van der Waals surface area contributed by atoms with E-state index in [0.29, 0.717) is 12.6 Å². The van der Waals surface area contributed by atoms with Gasteiger partial charge in [0.1, 0.15) is 0 Å². The van der Waals surface area contributed by atoms with Crippen LogP contribution in [0.3, 0.4) is 0 Å². The standard InChI is InChI=1S/C22H37N3O/c1-19(23(2)3)21-8-6-7-20(15-21)16-24-13-9-22(18-26,10-14-24)17-25-11-4-5-12-25/h6-8,15,19,26H,4-5,9-14,16-18H2,1-3H3/t19-/m0/s1. The first-order valence-corrected chi connectivity index (χ1v) is 10.3. The van der Waals surface area contributed by atoms with E-state index in [1.807, 2.05) is 0 Å². The van der Waals surface area contributed by atoms with Gasteiger partial charge in [-0.2, -0.15) is 0 Å². The van der Waals surface area contributed by atoms with Gasteiger partial charge in [-0.15, -0.1) is 0 Å². The van der Waals surface area contributed by atoms with Crippen molar-refractivity contribution < 1.29 is 5.11 Å². The van der Waals surface area contributed by atoms with Crippen LogP contribution in [0.5, 0.6) is 0 Å². The molecule has 26 heavy (non-hydrogen) atoms. The van der Waals surface area contributed by atoms with Gasteiger partial charge in [0.25, 0.3) is 0 Å². The lowest BCUT2D eigenvalue weighted by Crippen LogP contribution is -2.47. The first kappa shape index (κ1) is 19.8. The number of nitrogens with zero attached hydrogens (tertiary/aromatic N) is 3. The highest BCUT2D eigenvalue weighted by atomic mass is 16.3. The molecule has 0 aromatic heterocycles. The third-order valence-electron chi connectivity index (χ3n) is 6.62. The molecule has 0 radical (unpaired) electrons. The summed E-state index contributed by atoms with van der Waals surface area (Å²) in [6.07, 6.45) is 4.90. The van der Waals surface area contributed by atoms with Crippen molar-refractivity contribution in [3.63, 3.8) is 0 Å². The Morgan fingerprint density at radius 1 is 1.08 bits per heavy atom. The topological polar surface area (TPSA) is 30.0 Å². The Morgan fingerprint density at radius 2 is 1.77 bits per heavy atom. The van der Waals surface area contributed by atoms with E-state index in [1.165, 1.54) is 37.1 Å². The predicted molar refractivity (Wildman–Crippen MR) is 108 cm³/mol. The van der Waals surface area contributed by atoms with Gasteiger partial charge in [-0.1, -0.05) is 24.3 Å². The molecule has 3 rings (SSSR count). The quantitative estimate of drug-likeness (QED) is 0.811. The molecule has 0 amide bonds. The van der Waals surface area contributed by atoms with Crippen LogP contribution in [0.2, 0.25) is 0 Å². The summed E-state index contributed by atoms with van der Waals surface area (Å²) in [7, 11) is 4.27. The minimum absolute atomic E-state index is 0.127. The van der Waals surface area contributed by atoms with Gasteiger partial charge < -0.3 is 14.9 Å². The van der Waals surface area contributed by atoms with E-state index in [9.17, 15) is 5.11 Å². The first-order chi connectivity index (χ1) is 12.5. The van der Waals surface area contributed by atoms with Crippen LogP contribution in [0.25, 0.3) is 0 Å². The van der Waals surface area contributed by atoms with Gasteiger partial charge in [0.15, 0.2) is 0 Å². The molecule has 0 spiro atoms. The molecule has 2 fully saturated rings. The highest BCUT2D eigenvalue weighted by Crippen LogP contribution is 2.33. The monoisotopic (exact) mass is 359 g/mol. The molecule has 4 nitrogen and oxygen atoms in total. The highest BCUT2D eigenvalue weighted by Gasteiger charge is 2.36. The summed E-state index contributed by atoms with van der Waals surface area (Å²) in [4.78, 5) is 7.39. The largest absolute Gasteiger partial charge is 0.396 e. The average molecular weight is 360 g/mol. The molecule has 0 saturated carbocycles. The van der Waals surface area contributed by atoms with Gasteiger partial charge in [0.2, 0.25) is 0 Å². The number of rotatable bonds is 7. The molecule has 4 heteroatoms. The Bertz CT molecular complexity index is 560. The number of likely N-dealkylation sites (tertiary alicyclic amines) is 2. The molecule has 2 heterocycles. The Kier molecular flexibility index (Phi) is 6.73. The predicted octanol–water partition coefficient (Wildman–Crippen LogP) is 2.98. The van der Waals surface area contributed by atoms with Crippen LogP contribution in [-0.2, 0) is 6.54 Å². The van der Waals surface area contributed by atoms with Gasteiger partial charge in [-0.05, 0) is 84.0 Å². The number of hydrogen-bond acceptors (Lipinski definition) is 4. The molecule has 2 aliphatic rings. The summed E-state index contributed by atoms with van der Waals surface area (Å²) < 4.78 is 0. The first-order valence-electron chi connectivity index (χ1n) is 10.3. The zero-order valence-corrected chi connectivity index (χ0v) is 17.0. The van der Waals surface area contributed by atoms with Crippen LogP contribution < -0.4 is 0 Å². The molecule has 0 bridgehead atoms. The van der Waals surface area contributed by atoms with Gasteiger partial charge in [-0.25, -0.2) is 0 Å². The minimum atomic E-state index is 0.127. The van der Waals surface area contributed by atoms with Crippen LogP contribution in [-0.4, -0.2) is 73.2 Å². The van der Waals surface area contributed by atoms with Gasteiger partial charge in [-0.3, -0.25) is 4.90 Å². The molecule has 2 aliphatic heterocycles. The zero-order valence-electron chi connectivity index (χ0n) is 17.0. The Balaban J connectivity index is 1.55. The normalized spacial score (nSPS) is 22.8. The number of piperidine rings is 1. The summed E-state index contributed by atoms with van der Waals surface area (Å²) in [5.41, 5.74) is 2.93. The Labute approximate surface area is 159 Å². The maximum atomic E-state index is 10.1. The lowest BCUT2D eigenvalue weighted by atomic mass is 9.78. The van der Waals surface area contributed by atoms with Crippen molar-refractivity contribution in [1.29, 1.82) is 0 Å².